The molecule has 1 unspecified atom stereocenters. The molecule has 4 rings (SSSR count). The van der Waals surface area contributed by atoms with E-state index < -0.39 is 0 Å². The third-order valence-electron chi connectivity index (χ3n) is 4.24. The van der Waals surface area contributed by atoms with Crippen molar-refractivity contribution in [1.29, 1.82) is 0 Å². The van der Waals surface area contributed by atoms with Gasteiger partial charge in [0, 0.05) is 22.5 Å². The fourth-order valence-corrected chi connectivity index (χ4v) is 3.28. The first-order valence-corrected chi connectivity index (χ1v) is 6.93. The maximum absolute atomic E-state index is 10.1. The average Bonchev–Trinajstić information content (AvgIpc) is 2.83. The van der Waals surface area contributed by atoms with Gasteiger partial charge in [0.2, 0.25) is 0 Å². The summed E-state index contributed by atoms with van der Waals surface area (Å²) in [7, 11) is 0. The van der Waals surface area contributed by atoms with Crippen LogP contribution in [0, 0.1) is 0 Å². The lowest BCUT2D eigenvalue weighted by atomic mass is 9.87. The van der Waals surface area contributed by atoms with Crippen molar-refractivity contribution in [1.82, 2.24) is 4.98 Å². The SMILES string of the molecule is NC1CCc2c(-c3ccccc3O)[nH]c3cccc1c23. The summed E-state index contributed by atoms with van der Waals surface area (Å²) in [6, 6.07) is 13.8. The fourth-order valence-electron chi connectivity index (χ4n) is 3.28. The van der Waals surface area contributed by atoms with Gasteiger partial charge in [-0.25, -0.2) is 0 Å². The number of phenolic OH excluding ortho intramolecular Hbond substituents is 1. The fraction of sp³-hybridized carbons (Fsp3) is 0.176. The van der Waals surface area contributed by atoms with Crippen LogP contribution in [0.1, 0.15) is 23.6 Å². The van der Waals surface area contributed by atoms with E-state index in [1.165, 1.54) is 16.5 Å². The van der Waals surface area contributed by atoms with E-state index in [2.05, 4.69) is 17.1 Å². The highest BCUT2D eigenvalue weighted by atomic mass is 16.3. The van der Waals surface area contributed by atoms with Gasteiger partial charge in [-0.3, -0.25) is 0 Å². The smallest absolute Gasteiger partial charge is 0.124 e. The zero-order valence-electron chi connectivity index (χ0n) is 11.1. The second-order valence-electron chi connectivity index (χ2n) is 5.41. The van der Waals surface area contributed by atoms with Gasteiger partial charge in [0.15, 0.2) is 0 Å². The van der Waals surface area contributed by atoms with E-state index in [-0.39, 0.29) is 6.04 Å². The van der Waals surface area contributed by atoms with Crippen LogP contribution in [-0.4, -0.2) is 10.1 Å². The number of hydrogen-bond donors (Lipinski definition) is 3. The number of phenols is 1. The number of H-pyrrole nitrogens is 1. The van der Waals surface area contributed by atoms with Crippen LogP contribution in [0.5, 0.6) is 5.75 Å². The monoisotopic (exact) mass is 264 g/mol. The summed E-state index contributed by atoms with van der Waals surface area (Å²) in [5.74, 6) is 0.312. The molecule has 0 amide bonds. The number of benzene rings is 2. The summed E-state index contributed by atoms with van der Waals surface area (Å²) < 4.78 is 0. The van der Waals surface area contributed by atoms with E-state index in [0.29, 0.717) is 5.75 Å². The van der Waals surface area contributed by atoms with Gasteiger partial charge in [0.25, 0.3) is 0 Å². The number of nitrogens with one attached hydrogen (secondary N) is 1. The summed E-state index contributed by atoms with van der Waals surface area (Å²) >= 11 is 0. The Morgan fingerprint density at radius 2 is 1.95 bits per heavy atom. The number of para-hydroxylation sites is 1. The van der Waals surface area contributed by atoms with E-state index >= 15 is 0 Å². The second-order valence-corrected chi connectivity index (χ2v) is 5.41. The third-order valence-corrected chi connectivity index (χ3v) is 4.24. The lowest BCUT2D eigenvalue weighted by molar-refractivity contribution is 0.477. The predicted octanol–water partition coefficient (Wildman–Crippen LogP) is 3.49. The predicted molar refractivity (Wildman–Crippen MR) is 80.6 cm³/mol. The second kappa shape index (κ2) is 4.12. The summed E-state index contributed by atoms with van der Waals surface area (Å²) in [5.41, 5.74) is 11.7. The molecule has 0 spiro atoms. The van der Waals surface area contributed by atoms with Crippen molar-refractivity contribution >= 4 is 10.9 Å². The van der Waals surface area contributed by atoms with E-state index in [4.69, 9.17) is 5.73 Å². The van der Waals surface area contributed by atoms with Crippen LogP contribution in [0.2, 0.25) is 0 Å². The lowest BCUT2D eigenvalue weighted by Crippen LogP contribution is -2.15. The molecular formula is C17H16N2O. The van der Waals surface area contributed by atoms with Crippen molar-refractivity contribution in [3.63, 3.8) is 0 Å². The van der Waals surface area contributed by atoms with Gasteiger partial charge < -0.3 is 15.8 Å². The van der Waals surface area contributed by atoms with Crippen LogP contribution < -0.4 is 5.73 Å². The van der Waals surface area contributed by atoms with Crippen LogP contribution >= 0.6 is 0 Å². The van der Waals surface area contributed by atoms with Crippen LogP contribution in [-0.2, 0) is 6.42 Å². The number of aromatic hydroxyl groups is 1. The van der Waals surface area contributed by atoms with E-state index in [9.17, 15) is 5.11 Å². The molecule has 2 aromatic carbocycles. The number of nitrogens with two attached hydrogens (primary N) is 1. The molecule has 1 aliphatic carbocycles. The molecule has 0 saturated heterocycles. The first kappa shape index (κ1) is 11.6. The minimum Gasteiger partial charge on any atom is -0.507 e. The first-order valence-electron chi connectivity index (χ1n) is 6.93. The Bertz CT molecular complexity index is 804. The highest BCUT2D eigenvalue weighted by Crippen LogP contribution is 2.41. The normalized spacial score (nSPS) is 17.6. The average molecular weight is 264 g/mol. The third kappa shape index (κ3) is 1.50. The summed E-state index contributed by atoms with van der Waals surface area (Å²) in [4.78, 5) is 3.46. The van der Waals surface area contributed by atoms with Crippen molar-refractivity contribution in [3.8, 4) is 17.0 Å². The van der Waals surface area contributed by atoms with Gasteiger partial charge >= 0.3 is 0 Å². The zero-order chi connectivity index (χ0) is 13.7. The van der Waals surface area contributed by atoms with Gasteiger partial charge in [-0.05, 0) is 42.2 Å². The Hall–Kier alpha value is -2.26. The lowest BCUT2D eigenvalue weighted by Gasteiger charge is -2.20. The number of aromatic amines is 1. The summed E-state index contributed by atoms with van der Waals surface area (Å²) in [6.45, 7) is 0. The molecule has 0 aliphatic heterocycles. The summed E-state index contributed by atoms with van der Waals surface area (Å²) in [6.07, 6.45) is 1.90. The molecule has 1 aromatic heterocycles. The number of hydrogen-bond acceptors (Lipinski definition) is 2. The largest absolute Gasteiger partial charge is 0.507 e. The minimum absolute atomic E-state index is 0.110. The van der Waals surface area contributed by atoms with E-state index in [1.807, 2.05) is 24.3 Å². The van der Waals surface area contributed by atoms with Gasteiger partial charge in [-0.1, -0.05) is 24.3 Å². The van der Waals surface area contributed by atoms with Crippen LogP contribution in [0.4, 0.5) is 0 Å². The molecule has 3 heteroatoms. The molecule has 20 heavy (non-hydrogen) atoms. The maximum atomic E-state index is 10.1. The highest BCUT2D eigenvalue weighted by Gasteiger charge is 2.24. The van der Waals surface area contributed by atoms with Crippen LogP contribution in [0.25, 0.3) is 22.2 Å². The zero-order valence-corrected chi connectivity index (χ0v) is 11.1. The molecule has 1 atom stereocenters. The quantitative estimate of drug-likeness (QED) is 0.630. The van der Waals surface area contributed by atoms with Gasteiger partial charge in [0.1, 0.15) is 5.75 Å². The molecule has 3 aromatic rings. The van der Waals surface area contributed by atoms with Crippen LogP contribution in [0.3, 0.4) is 0 Å². The van der Waals surface area contributed by atoms with Crippen molar-refractivity contribution < 1.29 is 5.11 Å². The topological polar surface area (TPSA) is 62.0 Å². The number of rotatable bonds is 1. The molecule has 4 N–H and O–H groups in total. The molecule has 0 fully saturated rings. The van der Waals surface area contributed by atoms with Crippen LogP contribution in [0.15, 0.2) is 42.5 Å². The Labute approximate surface area is 117 Å². The molecule has 0 saturated carbocycles. The van der Waals surface area contributed by atoms with Gasteiger partial charge in [-0.2, -0.15) is 0 Å². The molecule has 0 bridgehead atoms. The minimum atomic E-state index is 0.110. The van der Waals surface area contributed by atoms with E-state index in [0.717, 1.165) is 29.6 Å². The first-order chi connectivity index (χ1) is 9.75. The Kier molecular flexibility index (Phi) is 2.38. The molecule has 1 heterocycles. The van der Waals surface area contributed by atoms with Crippen molar-refractivity contribution in [3.05, 3.63) is 53.6 Å². The molecule has 3 nitrogen and oxygen atoms in total. The van der Waals surface area contributed by atoms with Crippen molar-refractivity contribution in [2.75, 3.05) is 0 Å². The van der Waals surface area contributed by atoms with Crippen molar-refractivity contribution in [2.45, 2.75) is 18.9 Å². The summed E-state index contributed by atoms with van der Waals surface area (Å²) in [5, 5.41) is 11.3. The van der Waals surface area contributed by atoms with Crippen molar-refractivity contribution in [2.24, 2.45) is 5.73 Å². The van der Waals surface area contributed by atoms with Gasteiger partial charge in [-0.15, -0.1) is 0 Å². The maximum Gasteiger partial charge on any atom is 0.124 e. The molecular weight excluding hydrogens is 248 g/mol. The Morgan fingerprint density at radius 1 is 1.10 bits per heavy atom. The Morgan fingerprint density at radius 3 is 2.80 bits per heavy atom. The highest BCUT2D eigenvalue weighted by molar-refractivity contribution is 5.95. The number of aryl methyl sites for hydroxylation is 1. The molecule has 100 valence electrons. The standard InChI is InChI=1S/C17H16N2O/c18-13-9-8-12-16-10(13)5-3-6-14(16)19-17(12)11-4-1-2-7-15(11)20/h1-7,13,19-20H,8-9,18H2. The van der Waals surface area contributed by atoms with Gasteiger partial charge in [0.05, 0.1) is 5.69 Å². The Balaban J connectivity index is 2.06. The number of aromatic nitrogens is 1. The molecule has 0 radical (unpaired) electrons. The van der Waals surface area contributed by atoms with E-state index in [1.54, 1.807) is 6.07 Å². The molecule has 1 aliphatic rings.